The summed E-state index contributed by atoms with van der Waals surface area (Å²) in [6.45, 7) is 1.73. The molecule has 0 bridgehead atoms. The van der Waals surface area contributed by atoms with Gasteiger partial charge in [0.15, 0.2) is 11.5 Å². The number of hydrogen-bond donors (Lipinski definition) is 2. The minimum absolute atomic E-state index is 0.135. The second-order valence-electron chi connectivity index (χ2n) is 5.24. The van der Waals surface area contributed by atoms with Gasteiger partial charge in [-0.2, -0.15) is 0 Å². The number of halogens is 1. The van der Waals surface area contributed by atoms with Crippen molar-refractivity contribution in [3.8, 4) is 10.6 Å². The minimum Gasteiger partial charge on any atom is -0.355 e. The average Bonchev–Trinajstić information content (AvgIpc) is 3.26. The Labute approximate surface area is 156 Å². The molecule has 0 aliphatic heterocycles. The van der Waals surface area contributed by atoms with Crippen LogP contribution in [0.5, 0.6) is 0 Å². The largest absolute Gasteiger partial charge is 0.355 e. The minimum atomic E-state index is -0.464. The van der Waals surface area contributed by atoms with Gasteiger partial charge in [-0.15, -0.1) is 11.3 Å². The smallest absolute Gasteiger partial charge is 0.273 e. The Balaban J connectivity index is 1.56. The van der Waals surface area contributed by atoms with Crippen LogP contribution in [0.1, 0.15) is 16.1 Å². The molecule has 3 rings (SSSR count). The molecule has 0 aliphatic carbocycles. The first-order chi connectivity index (χ1) is 12.0. The molecule has 3 aromatic rings. The number of anilines is 1. The summed E-state index contributed by atoms with van der Waals surface area (Å²) in [4.78, 5) is 25.0. The Morgan fingerprint density at radius 1 is 1.28 bits per heavy atom. The lowest BCUT2D eigenvalue weighted by Crippen LogP contribution is -2.33. The number of aromatic nitrogens is 1. The summed E-state index contributed by atoms with van der Waals surface area (Å²) in [6.07, 6.45) is 0. The van der Waals surface area contributed by atoms with E-state index in [0.717, 1.165) is 14.9 Å². The summed E-state index contributed by atoms with van der Waals surface area (Å²) in [7, 11) is 0. The highest BCUT2D eigenvalue weighted by Gasteiger charge is 2.15. The molecule has 1 aromatic carbocycles. The van der Waals surface area contributed by atoms with Crippen LogP contribution in [-0.4, -0.2) is 23.5 Å². The summed E-state index contributed by atoms with van der Waals surface area (Å²) in [5.74, 6) is -0.259. The number of carbonyl (C=O) groups is 2. The molecular weight excluding hydrogens is 406 g/mol. The van der Waals surface area contributed by atoms with Gasteiger partial charge in [-0.3, -0.25) is 9.59 Å². The fraction of sp³-hybridized carbons (Fsp3) is 0.118. The Hall–Kier alpha value is -2.45. The second-order valence-corrected chi connectivity index (χ2v) is 7.11. The van der Waals surface area contributed by atoms with Gasteiger partial charge in [0.05, 0.1) is 11.4 Å². The van der Waals surface area contributed by atoms with Crippen molar-refractivity contribution in [2.45, 2.75) is 6.92 Å². The number of nitrogens with one attached hydrogen (secondary N) is 2. The third-order valence-electron chi connectivity index (χ3n) is 3.38. The molecule has 128 valence electrons. The van der Waals surface area contributed by atoms with Crippen molar-refractivity contribution in [1.82, 2.24) is 10.5 Å². The first-order valence-electron chi connectivity index (χ1n) is 7.38. The molecule has 0 saturated heterocycles. The lowest BCUT2D eigenvalue weighted by atomic mass is 10.2. The van der Waals surface area contributed by atoms with E-state index in [2.05, 4.69) is 31.7 Å². The molecule has 2 amide bonds. The molecule has 2 N–H and O–H groups in total. The van der Waals surface area contributed by atoms with Crippen LogP contribution in [0.15, 0.2) is 50.8 Å². The summed E-state index contributed by atoms with van der Waals surface area (Å²) in [5.41, 5.74) is 1.76. The van der Waals surface area contributed by atoms with E-state index in [4.69, 9.17) is 4.52 Å². The third-order valence-corrected chi connectivity index (χ3v) is 4.76. The monoisotopic (exact) mass is 419 g/mol. The standard InChI is InChI=1S/C17H14BrN3O3S/c1-10-7-11(18)4-5-12(10)20-16(22)9-19-17(23)13-8-14(24-21-13)15-3-2-6-25-15/h2-8H,9H2,1H3,(H,19,23)(H,20,22). The van der Waals surface area contributed by atoms with Crippen molar-refractivity contribution < 1.29 is 14.1 Å². The highest BCUT2D eigenvalue weighted by atomic mass is 79.9. The van der Waals surface area contributed by atoms with E-state index in [9.17, 15) is 9.59 Å². The normalized spacial score (nSPS) is 10.5. The fourth-order valence-electron chi connectivity index (χ4n) is 2.13. The quantitative estimate of drug-likeness (QED) is 0.657. The topological polar surface area (TPSA) is 84.2 Å². The lowest BCUT2D eigenvalue weighted by molar-refractivity contribution is -0.115. The Kier molecular flexibility index (Phi) is 5.30. The number of amides is 2. The Morgan fingerprint density at radius 2 is 2.12 bits per heavy atom. The number of benzene rings is 1. The van der Waals surface area contributed by atoms with Crippen LogP contribution in [0, 0.1) is 6.92 Å². The molecular formula is C17H14BrN3O3S. The summed E-state index contributed by atoms with van der Waals surface area (Å²) < 4.78 is 6.09. The van der Waals surface area contributed by atoms with Crippen molar-refractivity contribution in [3.05, 3.63) is 57.5 Å². The van der Waals surface area contributed by atoms with Crippen LogP contribution in [0.3, 0.4) is 0 Å². The van der Waals surface area contributed by atoms with E-state index < -0.39 is 5.91 Å². The Morgan fingerprint density at radius 3 is 2.84 bits per heavy atom. The van der Waals surface area contributed by atoms with Crippen molar-refractivity contribution in [2.75, 3.05) is 11.9 Å². The SMILES string of the molecule is Cc1cc(Br)ccc1NC(=O)CNC(=O)c1cc(-c2cccs2)on1. The van der Waals surface area contributed by atoms with Crippen LogP contribution < -0.4 is 10.6 Å². The maximum atomic E-state index is 12.1. The van der Waals surface area contributed by atoms with Gasteiger partial charge in [0.1, 0.15) is 0 Å². The molecule has 0 radical (unpaired) electrons. The second kappa shape index (κ2) is 7.62. The van der Waals surface area contributed by atoms with E-state index in [1.807, 2.05) is 36.6 Å². The lowest BCUT2D eigenvalue weighted by Gasteiger charge is -2.09. The van der Waals surface area contributed by atoms with Crippen molar-refractivity contribution in [3.63, 3.8) is 0 Å². The number of hydrogen-bond acceptors (Lipinski definition) is 5. The first-order valence-corrected chi connectivity index (χ1v) is 9.05. The number of nitrogens with zero attached hydrogens (tertiary/aromatic N) is 1. The zero-order chi connectivity index (χ0) is 17.8. The zero-order valence-corrected chi connectivity index (χ0v) is 15.6. The number of aryl methyl sites for hydroxylation is 1. The molecule has 25 heavy (non-hydrogen) atoms. The predicted octanol–water partition coefficient (Wildman–Crippen LogP) is 3.84. The Bertz CT molecular complexity index is 906. The van der Waals surface area contributed by atoms with E-state index in [1.165, 1.54) is 11.3 Å². The predicted molar refractivity (Wildman–Crippen MR) is 99.7 cm³/mol. The fourth-order valence-corrected chi connectivity index (χ4v) is 3.28. The van der Waals surface area contributed by atoms with Crippen molar-refractivity contribution in [2.24, 2.45) is 0 Å². The van der Waals surface area contributed by atoms with Crippen LogP contribution in [0.4, 0.5) is 5.69 Å². The molecule has 0 unspecified atom stereocenters. The average molecular weight is 420 g/mol. The van der Waals surface area contributed by atoms with E-state index in [1.54, 1.807) is 12.1 Å². The molecule has 2 heterocycles. The summed E-state index contributed by atoms with van der Waals surface area (Å²) >= 11 is 4.86. The van der Waals surface area contributed by atoms with Crippen LogP contribution in [-0.2, 0) is 4.79 Å². The molecule has 2 aromatic heterocycles. The van der Waals surface area contributed by atoms with Crippen LogP contribution >= 0.6 is 27.3 Å². The zero-order valence-electron chi connectivity index (χ0n) is 13.2. The van der Waals surface area contributed by atoms with E-state index >= 15 is 0 Å². The number of rotatable bonds is 5. The molecule has 8 heteroatoms. The van der Waals surface area contributed by atoms with E-state index in [-0.39, 0.29) is 18.1 Å². The van der Waals surface area contributed by atoms with E-state index in [0.29, 0.717) is 11.4 Å². The van der Waals surface area contributed by atoms with Crippen LogP contribution in [0.2, 0.25) is 0 Å². The molecule has 0 spiro atoms. The van der Waals surface area contributed by atoms with Gasteiger partial charge in [-0.05, 0) is 42.1 Å². The van der Waals surface area contributed by atoms with Crippen molar-refractivity contribution in [1.29, 1.82) is 0 Å². The van der Waals surface area contributed by atoms with Gasteiger partial charge in [0.2, 0.25) is 5.91 Å². The maximum absolute atomic E-state index is 12.1. The van der Waals surface area contributed by atoms with Gasteiger partial charge in [0.25, 0.3) is 5.91 Å². The van der Waals surface area contributed by atoms with Gasteiger partial charge in [-0.25, -0.2) is 0 Å². The highest BCUT2D eigenvalue weighted by molar-refractivity contribution is 9.10. The highest BCUT2D eigenvalue weighted by Crippen LogP contribution is 2.25. The molecule has 6 nitrogen and oxygen atoms in total. The first kappa shape index (κ1) is 17.4. The van der Waals surface area contributed by atoms with Crippen LogP contribution in [0.25, 0.3) is 10.6 Å². The third kappa shape index (κ3) is 4.34. The molecule has 0 fully saturated rings. The molecule has 0 aliphatic rings. The maximum Gasteiger partial charge on any atom is 0.273 e. The number of carbonyl (C=O) groups excluding carboxylic acids is 2. The number of thiophene rings is 1. The summed E-state index contributed by atoms with van der Waals surface area (Å²) in [6, 6.07) is 10.8. The molecule has 0 atom stereocenters. The molecule has 0 saturated carbocycles. The summed E-state index contributed by atoms with van der Waals surface area (Å²) in [5, 5.41) is 10.9. The van der Waals surface area contributed by atoms with Gasteiger partial charge < -0.3 is 15.2 Å². The van der Waals surface area contributed by atoms with Gasteiger partial charge in [-0.1, -0.05) is 27.2 Å². The van der Waals surface area contributed by atoms with Gasteiger partial charge in [0, 0.05) is 16.2 Å². The van der Waals surface area contributed by atoms with Crippen molar-refractivity contribution >= 4 is 44.8 Å². The van der Waals surface area contributed by atoms with Gasteiger partial charge >= 0.3 is 0 Å².